The van der Waals surface area contributed by atoms with Crippen molar-refractivity contribution in [1.29, 1.82) is 0 Å². The molecule has 5 rings (SSSR count). The molecule has 25 heavy (non-hydrogen) atoms. The van der Waals surface area contributed by atoms with Crippen LogP contribution >= 0.6 is 0 Å². The van der Waals surface area contributed by atoms with Crippen LogP contribution < -0.4 is 4.18 Å². The van der Waals surface area contributed by atoms with Gasteiger partial charge in [-0.2, -0.15) is 21.6 Å². The van der Waals surface area contributed by atoms with Crippen molar-refractivity contribution < 1.29 is 25.8 Å². The highest BCUT2D eigenvalue weighted by Crippen LogP contribution is 2.53. The third-order valence-corrected chi connectivity index (χ3v) is 6.01. The number of hydrogen-bond donors (Lipinski definition) is 0. The molecule has 132 valence electrons. The summed E-state index contributed by atoms with van der Waals surface area (Å²) >= 11 is 0. The van der Waals surface area contributed by atoms with Crippen LogP contribution in [0.2, 0.25) is 0 Å². The molecule has 2 unspecified atom stereocenters. The van der Waals surface area contributed by atoms with E-state index < -0.39 is 15.6 Å². The van der Waals surface area contributed by atoms with Crippen LogP contribution in [-0.2, 0) is 10.1 Å². The number of alkyl halides is 3. The van der Waals surface area contributed by atoms with Crippen LogP contribution in [0.5, 0.6) is 5.75 Å². The largest absolute Gasteiger partial charge is 0.534 e. The van der Waals surface area contributed by atoms with E-state index in [0.717, 1.165) is 24.0 Å². The lowest BCUT2D eigenvalue weighted by molar-refractivity contribution is -0.0500. The Morgan fingerprint density at radius 2 is 1.48 bits per heavy atom. The SMILES string of the molecule is Cc1ccc2c(c1)C1CCC2c2cc(OS(=O)(=O)C(F)(F)F)ccc21. The zero-order valence-corrected chi connectivity index (χ0v) is 14.1. The zero-order chi connectivity index (χ0) is 18.0. The molecule has 2 aromatic rings. The van der Waals surface area contributed by atoms with Crippen molar-refractivity contribution in [2.45, 2.75) is 37.1 Å². The highest BCUT2D eigenvalue weighted by atomic mass is 32.2. The van der Waals surface area contributed by atoms with Gasteiger partial charge < -0.3 is 4.18 Å². The second-order valence-corrected chi connectivity index (χ2v) is 8.13. The Kier molecular flexibility index (Phi) is 3.45. The van der Waals surface area contributed by atoms with Gasteiger partial charge in [-0.05, 0) is 54.2 Å². The normalized spacial score (nSPS) is 21.6. The average Bonchev–Trinajstić information content (AvgIpc) is 2.53. The summed E-state index contributed by atoms with van der Waals surface area (Å²) in [5.41, 5.74) is 0.0784. The topological polar surface area (TPSA) is 43.4 Å². The Hall–Kier alpha value is -2.02. The van der Waals surface area contributed by atoms with Crippen LogP contribution in [0.25, 0.3) is 0 Å². The molecule has 2 aromatic carbocycles. The molecule has 0 aromatic heterocycles. The van der Waals surface area contributed by atoms with Gasteiger partial charge in [0.1, 0.15) is 5.75 Å². The van der Waals surface area contributed by atoms with E-state index in [0.29, 0.717) is 0 Å². The molecule has 3 nitrogen and oxygen atoms in total. The first kappa shape index (κ1) is 16.4. The predicted molar refractivity (Wildman–Crippen MR) is 86.1 cm³/mol. The van der Waals surface area contributed by atoms with Gasteiger partial charge in [-0.25, -0.2) is 0 Å². The third-order valence-electron chi connectivity index (χ3n) is 5.04. The minimum absolute atomic E-state index is 0.0627. The highest BCUT2D eigenvalue weighted by Gasteiger charge is 2.48. The molecule has 0 saturated carbocycles. The monoisotopic (exact) mass is 368 g/mol. The van der Waals surface area contributed by atoms with Gasteiger partial charge in [0.15, 0.2) is 0 Å². The minimum Gasteiger partial charge on any atom is -0.376 e. The van der Waals surface area contributed by atoms with Crippen molar-refractivity contribution in [3.8, 4) is 5.75 Å². The van der Waals surface area contributed by atoms with Gasteiger partial charge in [-0.3, -0.25) is 0 Å². The van der Waals surface area contributed by atoms with Crippen molar-refractivity contribution in [3.05, 3.63) is 64.2 Å². The maximum absolute atomic E-state index is 12.5. The van der Waals surface area contributed by atoms with E-state index in [1.54, 1.807) is 6.07 Å². The lowest BCUT2D eigenvalue weighted by Crippen LogP contribution is -2.28. The number of benzene rings is 2. The summed E-state index contributed by atoms with van der Waals surface area (Å²) in [7, 11) is -5.66. The molecule has 0 aliphatic heterocycles. The molecule has 0 N–H and O–H groups in total. The predicted octanol–water partition coefficient (Wildman–Crippen LogP) is 4.59. The van der Waals surface area contributed by atoms with E-state index in [2.05, 4.69) is 16.3 Å². The molecule has 0 radical (unpaired) electrons. The average molecular weight is 368 g/mol. The van der Waals surface area contributed by atoms with Crippen LogP contribution in [-0.4, -0.2) is 13.9 Å². The Morgan fingerprint density at radius 3 is 2.08 bits per heavy atom. The number of aryl methyl sites for hydroxylation is 1. The molecular weight excluding hydrogens is 353 g/mol. The number of fused-ring (bicyclic) bond motifs is 1. The Balaban J connectivity index is 1.76. The van der Waals surface area contributed by atoms with E-state index in [9.17, 15) is 21.6 Å². The van der Waals surface area contributed by atoms with Crippen LogP contribution in [0, 0.1) is 6.92 Å². The van der Waals surface area contributed by atoms with Crippen molar-refractivity contribution in [3.63, 3.8) is 0 Å². The third kappa shape index (κ3) is 2.52. The van der Waals surface area contributed by atoms with Crippen molar-refractivity contribution in [2.24, 2.45) is 0 Å². The van der Waals surface area contributed by atoms with Crippen molar-refractivity contribution >= 4 is 10.1 Å². The zero-order valence-electron chi connectivity index (χ0n) is 13.3. The Labute approximate surface area is 143 Å². The first-order valence-corrected chi connectivity index (χ1v) is 9.33. The first-order valence-electron chi connectivity index (χ1n) is 7.92. The maximum Gasteiger partial charge on any atom is 0.534 e. The smallest absolute Gasteiger partial charge is 0.376 e. The van der Waals surface area contributed by atoms with Gasteiger partial charge in [0.2, 0.25) is 0 Å². The van der Waals surface area contributed by atoms with Gasteiger partial charge in [0, 0.05) is 11.8 Å². The van der Waals surface area contributed by atoms with Crippen LogP contribution in [0.4, 0.5) is 13.2 Å². The van der Waals surface area contributed by atoms with Gasteiger partial charge in [-0.15, -0.1) is 0 Å². The van der Waals surface area contributed by atoms with Gasteiger partial charge in [-0.1, -0.05) is 29.8 Å². The molecule has 3 aliphatic rings. The summed E-state index contributed by atoms with van der Waals surface area (Å²) in [6.07, 6.45) is 1.87. The molecule has 0 amide bonds. The van der Waals surface area contributed by atoms with E-state index in [1.165, 1.54) is 28.8 Å². The minimum atomic E-state index is -5.66. The number of hydrogen-bond acceptors (Lipinski definition) is 3. The van der Waals surface area contributed by atoms with Crippen molar-refractivity contribution in [1.82, 2.24) is 0 Å². The second-order valence-electron chi connectivity index (χ2n) is 6.59. The van der Waals surface area contributed by atoms with E-state index in [-0.39, 0.29) is 17.6 Å². The summed E-state index contributed by atoms with van der Waals surface area (Å²) in [6, 6.07) is 10.7. The summed E-state index contributed by atoms with van der Waals surface area (Å²) < 4.78 is 64.4. The molecule has 3 aliphatic carbocycles. The van der Waals surface area contributed by atoms with Gasteiger partial charge >= 0.3 is 15.6 Å². The number of rotatable bonds is 2. The highest BCUT2D eigenvalue weighted by molar-refractivity contribution is 7.88. The van der Waals surface area contributed by atoms with Crippen LogP contribution in [0.1, 0.15) is 52.5 Å². The fourth-order valence-electron chi connectivity index (χ4n) is 4.00. The molecule has 2 atom stereocenters. The van der Waals surface area contributed by atoms with E-state index in [1.807, 2.05) is 13.0 Å². The van der Waals surface area contributed by atoms with Crippen molar-refractivity contribution in [2.75, 3.05) is 0 Å². The summed E-state index contributed by atoms with van der Waals surface area (Å²) in [4.78, 5) is 0. The lowest BCUT2D eigenvalue weighted by atomic mass is 9.63. The lowest BCUT2D eigenvalue weighted by Gasteiger charge is -2.40. The second kappa shape index (κ2) is 5.24. The fraction of sp³-hybridized carbons (Fsp3) is 0.333. The maximum atomic E-state index is 12.5. The standard InChI is InChI=1S/C18H15F3O3S/c1-10-2-4-12-15-7-6-14(16(12)8-10)13-5-3-11(9-17(13)15)24-25(22,23)18(19,20)21/h2-5,8-9,14-15H,6-7H2,1H3. The van der Waals surface area contributed by atoms with E-state index in [4.69, 9.17) is 0 Å². The quantitative estimate of drug-likeness (QED) is 0.575. The first-order chi connectivity index (χ1) is 11.7. The Bertz CT molecular complexity index is 964. The number of halogens is 3. The molecule has 0 heterocycles. The summed E-state index contributed by atoms with van der Waals surface area (Å²) in [5, 5.41) is 0. The van der Waals surface area contributed by atoms with Gasteiger partial charge in [0.05, 0.1) is 0 Å². The molecule has 7 heteroatoms. The van der Waals surface area contributed by atoms with E-state index >= 15 is 0 Å². The van der Waals surface area contributed by atoms with Crippen LogP contribution in [0.3, 0.4) is 0 Å². The fourth-order valence-corrected chi connectivity index (χ4v) is 4.45. The molecular formula is C18H15F3O3S. The molecule has 0 spiro atoms. The molecule has 2 bridgehead atoms. The summed E-state index contributed by atoms with van der Waals surface area (Å²) in [5.74, 6) is -0.0341. The van der Waals surface area contributed by atoms with Crippen LogP contribution in [0.15, 0.2) is 36.4 Å². The summed E-state index contributed by atoms with van der Waals surface area (Å²) in [6.45, 7) is 2.03. The Morgan fingerprint density at radius 1 is 0.920 bits per heavy atom. The van der Waals surface area contributed by atoms with Gasteiger partial charge in [0.25, 0.3) is 0 Å². The molecule has 0 fully saturated rings. The molecule has 0 saturated heterocycles.